The smallest absolute Gasteiger partial charge is 0.466 e. The van der Waals surface area contributed by atoms with Gasteiger partial charge in [-0.3, -0.25) is 0 Å². The summed E-state index contributed by atoms with van der Waals surface area (Å²) in [6, 6.07) is 54.9. The van der Waals surface area contributed by atoms with E-state index in [4.69, 9.17) is 37.2 Å². The van der Waals surface area contributed by atoms with E-state index in [1.807, 2.05) is 60.8 Å². The summed E-state index contributed by atoms with van der Waals surface area (Å²) in [5.74, 6) is 1.88. The minimum absolute atomic E-state index is 0. The van der Waals surface area contributed by atoms with E-state index in [2.05, 4.69) is 201 Å². The van der Waals surface area contributed by atoms with Gasteiger partial charge in [0.15, 0.2) is 0 Å². The quantitative estimate of drug-likeness (QED) is 0.108. The first-order chi connectivity index (χ1) is 35.7. The zero-order chi connectivity index (χ0) is 52.6. The van der Waals surface area contributed by atoms with Crippen molar-refractivity contribution in [2.24, 2.45) is 0 Å². The normalized spacial score (nSPS) is 15.7. The van der Waals surface area contributed by atoms with Gasteiger partial charge in [-0.05, 0) is 91.2 Å². The molecule has 0 unspecified atom stereocenters. The summed E-state index contributed by atoms with van der Waals surface area (Å²) in [6.07, 6.45) is 1.81. The molecule has 2 aromatic heterocycles. The zero-order valence-corrected chi connectivity index (χ0v) is 47.6. The molecule has 0 bridgehead atoms. The van der Waals surface area contributed by atoms with Gasteiger partial charge in [0.25, 0.3) is 0 Å². The van der Waals surface area contributed by atoms with E-state index in [1.165, 1.54) is 0 Å². The molecule has 3 aliphatic heterocycles. The molecule has 11 nitrogen and oxygen atoms in total. The summed E-state index contributed by atoms with van der Waals surface area (Å²) in [5, 5.41) is 0.789. The number of hydrogen-bond donors (Lipinski definition) is 0. The molecule has 0 atom stereocenters. The Morgan fingerprint density at radius 2 is 1.04 bits per heavy atom. The van der Waals surface area contributed by atoms with Crippen LogP contribution < -0.4 is 25.5 Å². The molecule has 5 heterocycles. The van der Waals surface area contributed by atoms with Crippen LogP contribution in [-0.2, 0) is 48.5 Å². The van der Waals surface area contributed by atoms with Crippen LogP contribution in [0.3, 0.4) is 0 Å². The second-order valence-electron chi connectivity index (χ2n) is 24.2. The molecule has 0 N–H and O–H groups in total. The molecule has 18 heteroatoms. The van der Waals surface area contributed by atoms with Crippen LogP contribution >= 0.6 is 0 Å². The maximum absolute atomic E-state index is 6.77. The third kappa shape index (κ3) is 10.9. The van der Waals surface area contributed by atoms with Crippen LogP contribution in [0.1, 0.15) is 83.1 Å². The van der Waals surface area contributed by atoms with Gasteiger partial charge in [-0.2, -0.15) is 12.1 Å². The van der Waals surface area contributed by atoms with Crippen molar-refractivity contribution < 1.29 is 53.2 Å². The molecule has 386 valence electrons. The molecule has 2 fully saturated rings. The summed E-state index contributed by atoms with van der Waals surface area (Å²) >= 11 is 0. The Kier molecular flexibility index (Phi) is 14.7. The maximum Gasteiger partial charge on any atom is 0.466 e. The first kappa shape index (κ1) is 53.9. The van der Waals surface area contributed by atoms with Crippen molar-refractivity contribution in [1.82, 2.24) is 9.55 Å². The molecular formula is C58H61B6N4O7Pt-3. The van der Waals surface area contributed by atoms with Crippen LogP contribution in [0.4, 0.5) is 22.7 Å². The van der Waals surface area contributed by atoms with Crippen LogP contribution in [0.2, 0.25) is 21.3 Å². The Morgan fingerprint density at radius 1 is 0.487 bits per heavy atom. The van der Waals surface area contributed by atoms with Gasteiger partial charge in [0.1, 0.15) is 5.82 Å². The largest absolute Gasteiger partial charge is 0.509 e. The molecule has 0 saturated carbocycles. The van der Waals surface area contributed by atoms with Crippen molar-refractivity contribution in [3.63, 3.8) is 0 Å². The predicted molar refractivity (Wildman–Crippen MR) is 309 cm³/mol. The second kappa shape index (κ2) is 20.7. The monoisotopic (exact) mass is 1190 g/mol. The molecule has 8 aromatic rings. The molecule has 0 spiro atoms. The van der Waals surface area contributed by atoms with Crippen molar-refractivity contribution >= 4 is 98.2 Å². The minimum atomic E-state index is -0.772. The van der Waals surface area contributed by atoms with Gasteiger partial charge in [0, 0.05) is 61.3 Å². The fourth-order valence-electron chi connectivity index (χ4n) is 9.67. The zero-order valence-electron chi connectivity index (χ0n) is 45.4. The van der Waals surface area contributed by atoms with E-state index < -0.39 is 42.7 Å². The van der Waals surface area contributed by atoms with E-state index in [0.717, 1.165) is 72.4 Å². The fourth-order valence-corrected chi connectivity index (χ4v) is 9.67. The van der Waals surface area contributed by atoms with Crippen molar-refractivity contribution in [1.29, 1.82) is 0 Å². The number of ether oxygens (including phenoxy) is 1. The Morgan fingerprint density at radius 3 is 1.61 bits per heavy atom. The van der Waals surface area contributed by atoms with Crippen molar-refractivity contribution in [3.05, 3.63) is 165 Å². The molecular weight excluding hydrogens is 1120 g/mol. The standard InChI is InChI=1S/C58H61B6N4O7.Pt/c1-55(2,3)61-70-59(71-62(74-61)56(4,5)6)42-34-43(60-72-63(57(7,8)9)75-64(73-60)58(10,11)12)36-45(35-42)67-39-66(51-25-16-17-26-52(51)67)44-23-20-24-46(37-44)69-47-29-30-48-49-33-41(40-21-14-13-15-22-40)28-31-50(49)68(53(48)38-47)54-27-18-19-32-65-54;/h13-36,39H,1-12H3;/q-3;. The Hall–Kier alpha value is -5.49. The van der Waals surface area contributed by atoms with Gasteiger partial charge < -0.3 is 46.5 Å². The van der Waals surface area contributed by atoms with E-state index in [1.54, 1.807) is 0 Å². The second-order valence-corrected chi connectivity index (χ2v) is 24.2. The van der Waals surface area contributed by atoms with Crippen molar-refractivity contribution in [2.45, 2.75) is 104 Å². The summed E-state index contributed by atoms with van der Waals surface area (Å²) in [4.78, 5) is 9.07. The molecule has 2 saturated heterocycles. The number of hydrogen-bond acceptors (Lipinski definition) is 10. The number of pyridine rings is 1. The molecule has 0 radical (unpaired) electrons. The number of nitrogens with zero attached hydrogens (tertiary/aromatic N) is 4. The fraction of sp³-hybridized carbons (Fsp3) is 0.276. The predicted octanol–water partition coefficient (Wildman–Crippen LogP) is 13.3. The van der Waals surface area contributed by atoms with Gasteiger partial charge in [0.2, 0.25) is 0 Å². The Bertz CT molecular complexity index is 3270. The molecule has 0 amide bonds. The minimum Gasteiger partial charge on any atom is -0.509 e. The van der Waals surface area contributed by atoms with Crippen LogP contribution in [-0.4, -0.2) is 52.3 Å². The summed E-state index contributed by atoms with van der Waals surface area (Å²) in [5.41, 5.74) is 9.33. The van der Waals surface area contributed by atoms with Crippen LogP contribution in [0, 0.1) is 18.8 Å². The van der Waals surface area contributed by atoms with Gasteiger partial charge in [0.05, 0.1) is 0 Å². The number of rotatable bonds is 8. The number of para-hydroxylation sites is 2. The summed E-state index contributed by atoms with van der Waals surface area (Å²) in [7, 11) is -3.72. The van der Waals surface area contributed by atoms with Crippen molar-refractivity contribution in [3.8, 4) is 28.4 Å². The first-order valence-corrected chi connectivity index (χ1v) is 25.9. The van der Waals surface area contributed by atoms with Crippen LogP contribution in [0.5, 0.6) is 11.5 Å². The van der Waals surface area contributed by atoms with E-state index >= 15 is 0 Å². The van der Waals surface area contributed by atoms with Crippen molar-refractivity contribution in [2.75, 3.05) is 9.80 Å². The van der Waals surface area contributed by atoms with E-state index in [0.29, 0.717) is 11.5 Å². The van der Waals surface area contributed by atoms with Gasteiger partial charge >= 0.3 is 42.7 Å². The summed E-state index contributed by atoms with van der Waals surface area (Å²) in [6.45, 7) is 27.5. The molecule has 0 aliphatic carbocycles. The number of fused-ring (bicyclic) bond motifs is 4. The van der Waals surface area contributed by atoms with Gasteiger partial charge in [-0.25, -0.2) is 4.98 Å². The van der Waals surface area contributed by atoms with Crippen LogP contribution in [0.25, 0.3) is 38.8 Å². The average Bonchev–Trinajstić information content (AvgIpc) is 3.97. The third-order valence-electron chi connectivity index (χ3n) is 13.6. The van der Waals surface area contributed by atoms with Crippen LogP contribution in [0.15, 0.2) is 146 Å². The summed E-state index contributed by atoms with van der Waals surface area (Å²) < 4.78 is 49.0. The van der Waals surface area contributed by atoms with E-state index in [9.17, 15) is 0 Å². The first-order valence-electron chi connectivity index (χ1n) is 25.9. The van der Waals surface area contributed by atoms with E-state index in [-0.39, 0.29) is 42.3 Å². The topological polar surface area (TPSA) is 88.9 Å². The Balaban J connectivity index is 0.00000657. The number of aromatic nitrogens is 2. The number of benzene rings is 6. The number of anilines is 4. The molecule has 76 heavy (non-hydrogen) atoms. The van der Waals surface area contributed by atoms with Gasteiger partial charge in [-0.1, -0.05) is 155 Å². The average molecular weight is 1190 g/mol. The van der Waals surface area contributed by atoms with Gasteiger partial charge in [-0.15, -0.1) is 48.1 Å². The Labute approximate surface area is 465 Å². The molecule has 11 rings (SSSR count). The third-order valence-corrected chi connectivity index (χ3v) is 13.6. The SMILES string of the molecule is CC(C)(C)B1OB(c2cc(B3OB(C(C)(C)C)OB(C(C)(C)C)O3)cc(N3[CH-]N(c4[c-]c(Oc5[c-]c6c(cc5)c5cc(-c7ccccc7)ccc5n6-c5ccccn5)ccc4)c4ccccc43)c2)OB(C(C)(C)C)O1.[Pt]. The molecule has 3 aliphatic rings. The maximum atomic E-state index is 6.77. The molecule has 6 aromatic carbocycles.